The monoisotopic (exact) mass is 459 g/mol. The molecule has 180 valence electrons. The van der Waals surface area contributed by atoms with Crippen LogP contribution in [-0.2, 0) is 9.59 Å². The molecule has 5 rings (SSSR count). The van der Waals surface area contributed by atoms with Crippen molar-refractivity contribution < 1.29 is 9.59 Å². The van der Waals surface area contributed by atoms with Crippen molar-refractivity contribution in [1.29, 1.82) is 0 Å². The average molecular weight is 460 g/mol. The van der Waals surface area contributed by atoms with Gasteiger partial charge in [-0.1, -0.05) is 79.9 Å². The Kier molecular flexibility index (Phi) is 7.29. The van der Waals surface area contributed by atoms with Crippen LogP contribution in [-0.4, -0.2) is 65.8 Å². The second kappa shape index (κ2) is 10.7. The summed E-state index contributed by atoms with van der Waals surface area (Å²) in [7, 11) is 0. The predicted molar refractivity (Wildman–Crippen MR) is 134 cm³/mol. The molecule has 2 saturated heterocycles. The first-order chi connectivity index (χ1) is 16.7. The van der Waals surface area contributed by atoms with Gasteiger partial charge in [-0.3, -0.25) is 14.5 Å². The van der Waals surface area contributed by atoms with Gasteiger partial charge in [0.1, 0.15) is 6.42 Å². The summed E-state index contributed by atoms with van der Waals surface area (Å²) in [5, 5.41) is 0. The van der Waals surface area contributed by atoms with Gasteiger partial charge in [0.25, 0.3) is 0 Å². The number of carbonyl (C=O) groups is 2. The van der Waals surface area contributed by atoms with Crippen molar-refractivity contribution in [2.75, 3.05) is 39.3 Å². The number of hydrogen-bond acceptors (Lipinski definition) is 3. The predicted octanol–water partition coefficient (Wildman–Crippen LogP) is 4.35. The smallest absolute Gasteiger partial charge is 0.232 e. The number of carbonyl (C=O) groups excluding carboxylic acids is 2. The summed E-state index contributed by atoms with van der Waals surface area (Å²) in [4.78, 5) is 32.3. The summed E-state index contributed by atoms with van der Waals surface area (Å²) in [5.41, 5.74) is 2.55. The summed E-state index contributed by atoms with van der Waals surface area (Å²) in [6, 6.07) is 21.4. The number of nitrogens with zero attached hydrogens (tertiary/aromatic N) is 3. The normalized spacial score (nSPS) is 23.6. The van der Waals surface area contributed by atoms with Crippen molar-refractivity contribution >= 4 is 11.8 Å². The fourth-order valence-corrected chi connectivity index (χ4v) is 6.29. The van der Waals surface area contributed by atoms with Crippen molar-refractivity contribution in [2.24, 2.45) is 11.8 Å². The molecule has 3 fully saturated rings. The second-order valence-corrected chi connectivity index (χ2v) is 10.3. The Bertz CT molecular complexity index is 916. The molecular formula is C29H37N3O2. The summed E-state index contributed by atoms with van der Waals surface area (Å²) in [5.74, 6) is 1.47. The van der Waals surface area contributed by atoms with Gasteiger partial charge in [0.05, 0.1) is 6.04 Å². The Morgan fingerprint density at radius 3 is 1.85 bits per heavy atom. The third kappa shape index (κ3) is 5.20. The van der Waals surface area contributed by atoms with Crippen molar-refractivity contribution in [1.82, 2.24) is 14.7 Å². The van der Waals surface area contributed by atoms with Crippen molar-refractivity contribution in [2.45, 2.75) is 44.6 Å². The number of piperidine rings is 1. The highest BCUT2D eigenvalue weighted by atomic mass is 16.2. The molecule has 0 aromatic heterocycles. The van der Waals surface area contributed by atoms with Crippen molar-refractivity contribution in [3.8, 4) is 0 Å². The molecule has 1 aliphatic carbocycles. The largest absolute Gasteiger partial charge is 0.342 e. The van der Waals surface area contributed by atoms with E-state index in [4.69, 9.17) is 0 Å². The Labute approximate surface area is 203 Å². The van der Waals surface area contributed by atoms with E-state index in [-0.39, 0.29) is 24.3 Å². The lowest BCUT2D eigenvalue weighted by molar-refractivity contribution is -0.143. The fraction of sp³-hybridized carbons (Fsp3) is 0.517. The first-order valence-electron chi connectivity index (χ1n) is 13.1. The van der Waals surface area contributed by atoms with Crippen LogP contribution in [0, 0.1) is 11.8 Å². The van der Waals surface area contributed by atoms with Gasteiger partial charge in [-0.05, 0) is 35.8 Å². The molecule has 2 heterocycles. The maximum atomic E-state index is 13.0. The van der Waals surface area contributed by atoms with E-state index in [0.29, 0.717) is 19.0 Å². The van der Waals surface area contributed by atoms with E-state index in [1.54, 1.807) is 0 Å². The minimum atomic E-state index is -0.00797. The first-order valence-corrected chi connectivity index (χ1v) is 13.1. The molecule has 34 heavy (non-hydrogen) atoms. The first kappa shape index (κ1) is 23.1. The Balaban J connectivity index is 1.17. The van der Waals surface area contributed by atoms with Gasteiger partial charge in [-0.25, -0.2) is 0 Å². The number of rotatable bonds is 5. The summed E-state index contributed by atoms with van der Waals surface area (Å²) < 4.78 is 0. The zero-order chi connectivity index (χ0) is 23.3. The zero-order valence-electron chi connectivity index (χ0n) is 20.1. The number of likely N-dealkylation sites (tertiary alicyclic amines) is 1. The lowest BCUT2D eigenvalue weighted by atomic mass is 9.75. The molecule has 0 radical (unpaired) electrons. The van der Waals surface area contributed by atoms with Crippen LogP contribution in [0.15, 0.2) is 60.7 Å². The average Bonchev–Trinajstić information content (AvgIpc) is 2.90. The van der Waals surface area contributed by atoms with Crippen LogP contribution < -0.4 is 0 Å². The van der Waals surface area contributed by atoms with E-state index < -0.39 is 0 Å². The van der Waals surface area contributed by atoms with Crippen LogP contribution in [0.1, 0.15) is 55.7 Å². The van der Waals surface area contributed by atoms with Gasteiger partial charge in [-0.15, -0.1) is 0 Å². The highest BCUT2D eigenvalue weighted by Gasteiger charge is 2.34. The highest BCUT2D eigenvalue weighted by molar-refractivity contribution is 5.97. The van der Waals surface area contributed by atoms with Gasteiger partial charge in [0, 0.05) is 39.3 Å². The molecule has 2 aliphatic heterocycles. The van der Waals surface area contributed by atoms with E-state index in [1.807, 2.05) is 9.80 Å². The fourth-order valence-electron chi connectivity index (χ4n) is 6.29. The number of amides is 2. The maximum Gasteiger partial charge on any atom is 0.232 e. The minimum Gasteiger partial charge on any atom is -0.342 e. The summed E-state index contributed by atoms with van der Waals surface area (Å²) in [6.45, 7) is 4.65. The molecule has 0 bridgehead atoms. The molecule has 2 unspecified atom stereocenters. The van der Waals surface area contributed by atoms with E-state index in [2.05, 4.69) is 65.6 Å². The quantitative estimate of drug-likeness (QED) is 0.625. The minimum absolute atomic E-state index is 0.00797. The van der Waals surface area contributed by atoms with E-state index in [9.17, 15) is 9.59 Å². The van der Waals surface area contributed by atoms with Crippen LogP contribution in [0.4, 0.5) is 0 Å². The van der Waals surface area contributed by atoms with E-state index >= 15 is 0 Å². The Morgan fingerprint density at radius 2 is 1.24 bits per heavy atom. The molecule has 2 aromatic rings. The number of fused-ring (bicyclic) bond motifs is 1. The Morgan fingerprint density at radius 1 is 0.676 bits per heavy atom. The molecule has 3 aliphatic rings. The lowest BCUT2D eigenvalue weighted by Gasteiger charge is -2.42. The van der Waals surface area contributed by atoms with Gasteiger partial charge in [0.2, 0.25) is 11.8 Å². The molecule has 5 heteroatoms. The topological polar surface area (TPSA) is 43.9 Å². The van der Waals surface area contributed by atoms with Gasteiger partial charge >= 0.3 is 0 Å². The number of piperazine rings is 1. The van der Waals surface area contributed by atoms with E-state index in [0.717, 1.165) is 38.5 Å². The molecule has 5 nitrogen and oxygen atoms in total. The highest BCUT2D eigenvalue weighted by Crippen LogP contribution is 2.36. The van der Waals surface area contributed by atoms with Crippen LogP contribution >= 0.6 is 0 Å². The van der Waals surface area contributed by atoms with Crippen LogP contribution in [0.5, 0.6) is 0 Å². The lowest BCUT2D eigenvalue weighted by Crippen LogP contribution is -2.51. The molecule has 1 saturated carbocycles. The number of benzene rings is 2. The van der Waals surface area contributed by atoms with E-state index in [1.165, 1.54) is 36.8 Å². The van der Waals surface area contributed by atoms with Crippen molar-refractivity contribution in [3.05, 3.63) is 71.8 Å². The molecule has 2 atom stereocenters. The van der Waals surface area contributed by atoms with Crippen LogP contribution in [0.2, 0.25) is 0 Å². The SMILES string of the molecule is O=C(CC(=O)N1CCC2CCCCC2C1)N1CCN(C(c2ccccc2)c2ccccc2)CC1. The molecular weight excluding hydrogens is 422 g/mol. The molecule has 0 N–H and O–H groups in total. The number of hydrogen-bond donors (Lipinski definition) is 0. The second-order valence-electron chi connectivity index (χ2n) is 10.3. The van der Waals surface area contributed by atoms with Gasteiger partial charge < -0.3 is 9.80 Å². The third-order valence-corrected chi connectivity index (χ3v) is 8.21. The summed E-state index contributed by atoms with van der Waals surface area (Å²) in [6.07, 6.45) is 6.34. The maximum absolute atomic E-state index is 13.0. The van der Waals surface area contributed by atoms with Gasteiger partial charge in [-0.2, -0.15) is 0 Å². The standard InChI is InChI=1S/C29H37N3O2/c33-27(21-28(34)32-16-15-23-9-7-8-14-26(23)22-32)30-17-19-31(20-18-30)29(24-10-3-1-4-11-24)25-12-5-2-6-13-25/h1-6,10-13,23,26,29H,7-9,14-22H2. The third-order valence-electron chi connectivity index (χ3n) is 8.21. The summed E-state index contributed by atoms with van der Waals surface area (Å²) >= 11 is 0. The molecule has 2 amide bonds. The Hall–Kier alpha value is -2.66. The van der Waals surface area contributed by atoms with Crippen LogP contribution in [0.25, 0.3) is 0 Å². The van der Waals surface area contributed by atoms with Crippen molar-refractivity contribution in [3.63, 3.8) is 0 Å². The van der Waals surface area contributed by atoms with Crippen LogP contribution in [0.3, 0.4) is 0 Å². The molecule has 2 aromatic carbocycles. The van der Waals surface area contributed by atoms with Gasteiger partial charge in [0.15, 0.2) is 0 Å². The molecule has 0 spiro atoms. The zero-order valence-corrected chi connectivity index (χ0v) is 20.1.